The Morgan fingerprint density at radius 2 is 2.00 bits per heavy atom. The average molecular weight is 348 g/mol. The number of carbonyl (C=O) groups is 2. The SMILES string of the molecule is O=C(NCC1Cc2ccccc2NC1=O)c1ccc2cc[nH]c(=O)c2n1. The lowest BCUT2D eigenvalue weighted by molar-refractivity contribution is -0.120. The number of rotatable bonds is 3. The molecule has 1 atom stereocenters. The van der Waals surface area contributed by atoms with Crippen LogP contribution in [0.15, 0.2) is 53.5 Å². The van der Waals surface area contributed by atoms with E-state index in [9.17, 15) is 14.4 Å². The number of amides is 2. The van der Waals surface area contributed by atoms with Crippen LogP contribution in [0.25, 0.3) is 10.9 Å². The predicted octanol–water partition coefficient (Wildman–Crippen LogP) is 1.46. The molecule has 1 aromatic carbocycles. The second-order valence-electron chi connectivity index (χ2n) is 6.20. The van der Waals surface area contributed by atoms with Gasteiger partial charge in [-0.15, -0.1) is 0 Å². The molecule has 7 heteroatoms. The molecular weight excluding hydrogens is 332 g/mol. The number of carbonyl (C=O) groups excluding carboxylic acids is 2. The van der Waals surface area contributed by atoms with Crippen LogP contribution in [0.5, 0.6) is 0 Å². The molecule has 130 valence electrons. The number of fused-ring (bicyclic) bond motifs is 2. The Hall–Kier alpha value is -3.48. The lowest BCUT2D eigenvalue weighted by Crippen LogP contribution is -2.39. The summed E-state index contributed by atoms with van der Waals surface area (Å²) in [6, 6.07) is 12.6. The van der Waals surface area contributed by atoms with Gasteiger partial charge in [-0.3, -0.25) is 14.4 Å². The highest BCUT2D eigenvalue weighted by molar-refractivity contribution is 5.97. The minimum atomic E-state index is -0.415. The van der Waals surface area contributed by atoms with Gasteiger partial charge in [0.25, 0.3) is 11.5 Å². The smallest absolute Gasteiger partial charge is 0.274 e. The van der Waals surface area contributed by atoms with Crippen molar-refractivity contribution in [2.75, 3.05) is 11.9 Å². The van der Waals surface area contributed by atoms with E-state index in [1.54, 1.807) is 18.2 Å². The Morgan fingerprint density at radius 3 is 2.88 bits per heavy atom. The molecule has 0 bridgehead atoms. The van der Waals surface area contributed by atoms with Crippen molar-refractivity contribution in [3.05, 3.63) is 70.3 Å². The van der Waals surface area contributed by atoms with Crippen molar-refractivity contribution in [3.8, 4) is 0 Å². The molecule has 0 aliphatic carbocycles. The summed E-state index contributed by atoms with van der Waals surface area (Å²) in [5.74, 6) is -0.883. The van der Waals surface area contributed by atoms with Crippen molar-refractivity contribution in [1.29, 1.82) is 0 Å². The maximum Gasteiger partial charge on any atom is 0.274 e. The largest absolute Gasteiger partial charge is 0.350 e. The van der Waals surface area contributed by atoms with Gasteiger partial charge in [-0.2, -0.15) is 0 Å². The van der Waals surface area contributed by atoms with E-state index in [2.05, 4.69) is 20.6 Å². The molecule has 0 saturated heterocycles. The number of aromatic amines is 1. The molecule has 0 fully saturated rings. The number of H-pyrrole nitrogens is 1. The molecule has 3 heterocycles. The van der Waals surface area contributed by atoms with Gasteiger partial charge in [-0.1, -0.05) is 24.3 Å². The first-order valence-electron chi connectivity index (χ1n) is 8.27. The number of hydrogen-bond donors (Lipinski definition) is 3. The van der Waals surface area contributed by atoms with Crippen LogP contribution in [0.4, 0.5) is 5.69 Å². The number of benzene rings is 1. The molecule has 1 aliphatic rings. The number of hydrogen-bond acceptors (Lipinski definition) is 4. The molecule has 2 aromatic heterocycles. The third-order valence-electron chi connectivity index (χ3n) is 4.47. The molecule has 26 heavy (non-hydrogen) atoms. The van der Waals surface area contributed by atoms with Crippen LogP contribution in [0.1, 0.15) is 16.1 Å². The molecule has 4 rings (SSSR count). The summed E-state index contributed by atoms with van der Waals surface area (Å²) in [6.45, 7) is 0.198. The van der Waals surface area contributed by atoms with Gasteiger partial charge >= 0.3 is 0 Å². The van der Waals surface area contributed by atoms with E-state index in [0.29, 0.717) is 11.8 Å². The van der Waals surface area contributed by atoms with Gasteiger partial charge in [0.1, 0.15) is 11.2 Å². The van der Waals surface area contributed by atoms with Crippen molar-refractivity contribution in [3.63, 3.8) is 0 Å². The third-order valence-corrected chi connectivity index (χ3v) is 4.47. The van der Waals surface area contributed by atoms with Crippen molar-refractivity contribution in [2.24, 2.45) is 5.92 Å². The summed E-state index contributed by atoms with van der Waals surface area (Å²) in [5.41, 5.74) is 1.87. The van der Waals surface area contributed by atoms with E-state index in [4.69, 9.17) is 0 Å². The maximum absolute atomic E-state index is 12.4. The van der Waals surface area contributed by atoms with Gasteiger partial charge in [0.2, 0.25) is 5.91 Å². The van der Waals surface area contributed by atoms with Crippen LogP contribution in [-0.2, 0) is 11.2 Å². The van der Waals surface area contributed by atoms with Gasteiger partial charge < -0.3 is 15.6 Å². The van der Waals surface area contributed by atoms with Crippen LogP contribution >= 0.6 is 0 Å². The second kappa shape index (κ2) is 6.44. The molecule has 2 amide bonds. The highest BCUT2D eigenvalue weighted by Crippen LogP contribution is 2.24. The van der Waals surface area contributed by atoms with Crippen molar-refractivity contribution in [1.82, 2.24) is 15.3 Å². The third kappa shape index (κ3) is 2.95. The second-order valence-corrected chi connectivity index (χ2v) is 6.20. The molecule has 3 aromatic rings. The fraction of sp³-hybridized carbons (Fsp3) is 0.158. The Bertz CT molecular complexity index is 1070. The minimum absolute atomic E-state index is 0.119. The van der Waals surface area contributed by atoms with E-state index < -0.39 is 5.91 Å². The fourth-order valence-electron chi connectivity index (χ4n) is 3.07. The maximum atomic E-state index is 12.4. The number of anilines is 1. The molecule has 0 radical (unpaired) electrons. The van der Waals surface area contributed by atoms with Gasteiger partial charge in [0, 0.05) is 23.8 Å². The average Bonchev–Trinajstić information content (AvgIpc) is 2.66. The van der Waals surface area contributed by atoms with Crippen LogP contribution < -0.4 is 16.2 Å². The monoisotopic (exact) mass is 348 g/mol. The summed E-state index contributed by atoms with van der Waals surface area (Å²) in [5, 5.41) is 6.25. The quantitative estimate of drug-likeness (QED) is 0.666. The zero-order valence-corrected chi connectivity index (χ0v) is 13.8. The zero-order valence-electron chi connectivity index (χ0n) is 13.8. The van der Waals surface area contributed by atoms with Gasteiger partial charge in [0.05, 0.1) is 5.92 Å². The Morgan fingerprint density at radius 1 is 1.15 bits per heavy atom. The molecule has 0 saturated carbocycles. The Balaban J connectivity index is 1.48. The predicted molar refractivity (Wildman–Crippen MR) is 97.0 cm³/mol. The summed E-state index contributed by atoms with van der Waals surface area (Å²) >= 11 is 0. The number of pyridine rings is 2. The summed E-state index contributed by atoms with van der Waals surface area (Å²) in [7, 11) is 0. The molecule has 7 nitrogen and oxygen atoms in total. The van der Waals surface area contributed by atoms with Gasteiger partial charge in [-0.25, -0.2) is 4.98 Å². The first kappa shape index (κ1) is 16.0. The zero-order chi connectivity index (χ0) is 18.1. The molecule has 1 aliphatic heterocycles. The molecule has 1 unspecified atom stereocenters. The number of nitrogens with one attached hydrogen (secondary N) is 3. The summed E-state index contributed by atoms with van der Waals surface area (Å²) in [6.07, 6.45) is 2.10. The lowest BCUT2D eigenvalue weighted by atomic mass is 9.93. The number of aromatic nitrogens is 2. The van der Waals surface area contributed by atoms with Crippen LogP contribution in [0.2, 0.25) is 0 Å². The molecule has 0 spiro atoms. The lowest BCUT2D eigenvalue weighted by Gasteiger charge is -2.24. The van der Waals surface area contributed by atoms with E-state index in [1.807, 2.05) is 24.3 Å². The topological polar surface area (TPSA) is 104 Å². The van der Waals surface area contributed by atoms with E-state index in [-0.39, 0.29) is 35.1 Å². The van der Waals surface area contributed by atoms with Crippen LogP contribution in [-0.4, -0.2) is 28.3 Å². The Labute approximate surface area is 148 Å². The normalized spacial score (nSPS) is 16.0. The molecular formula is C19H16N4O3. The highest BCUT2D eigenvalue weighted by atomic mass is 16.2. The summed E-state index contributed by atoms with van der Waals surface area (Å²) < 4.78 is 0. The first-order valence-corrected chi connectivity index (χ1v) is 8.27. The van der Waals surface area contributed by atoms with Gasteiger partial charge in [0.15, 0.2) is 0 Å². The Kier molecular flexibility index (Phi) is 3.96. The fourth-order valence-corrected chi connectivity index (χ4v) is 3.07. The molecule has 3 N–H and O–H groups in total. The number of nitrogens with zero attached hydrogens (tertiary/aromatic N) is 1. The standard InChI is InChI=1S/C19H16N4O3/c24-17-13(9-12-3-1-2-4-14(12)23-17)10-21-18(25)15-6-5-11-7-8-20-19(26)16(11)22-15/h1-8,13H,9-10H2,(H,20,26)(H,21,25)(H,23,24). The van der Waals surface area contributed by atoms with Crippen molar-refractivity contribution in [2.45, 2.75) is 6.42 Å². The van der Waals surface area contributed by atoms with E-state index in [0.717, 1.165) is 11.3 Å². The van der Waals surface area contributed by atoms with Crippen LogP contribution in [0, 0.1) is 5.92 Å². The first-order chi connectivity index (χ1) is 12.6. The minimum Gasteiger partial charge on any atom is -0.350 e. The summed E-state index contributed by atoms with van der Waals surface area (Å²) in [4.78, 5) is 43.1. The van der Waals surface area contributed by atoms with E-state index in [1.165, 1.54) is 6.20 Å². The van der Waals surface area contributed by atoms with E-state index >= 15 is 0 Å². The highest BCUT2D eigenvalue weighted by Gasteiger charge is 2.26. The van der Waals surface area contributed by atoms with Gasteiger partial charge in [-0.05, 0) is 30.2 Å². The van der Waals surface area contributed by atoms with Crippen molar-refractivity contribution < 1.29 is 9.59 Å². The number of para-hydroxylation sites is 1. The van der Waals surface area contributed by atoms with Crippen LogP contribution in [0.3, 0.4) is 0 Å². The van der Waals surface area contributed by atoms with Crippen molar-refractivity contribution >= 4 is 28.4 Å².